The highest BCUT2D eigenvalue weighted by Crippen LogP contribution is 2.43. The molecule has 0 aromatic heterocycles. The first-order valence-electron chi connectivity index (χ1n) is 28.8. The molecule has 0 saturated heterocycles. The Bertz CT molecular complexity index is 1660. The maximum Gasteiger partial charge on any atom is 0.472 e. The first-order chi connectivity index (χ1) is 36.2. The molecule has 0 saturated carbocycles. The SMILES string of the molecule is CC/C=C\C/C=C\C/C=C\C/C=C\C/C=C\C/C=C\CCC(=O)OC(COC(=O)CCCCC/C=C\C/C=C\C/C=C\CC)COP(=O)(O)OCC(CO)OC(=O)CCCCCCCCCCCCCCCCC. The topological polar surface area (TPSA) is 155 Å². The Balaban J connectivity index is 4.85. The van der Waals surface area contributed by atoms with E-state index in [9.17, 15) is 28.9 Å². The summed E-state index contributed by atoms with van der Waals surface area (Å²) in [6, 6.07) is 0. The Hall–Kier alpha value is -3.86. The van der Waals surface area contributed by atoms with Gasteiger partial charge in [-0.2, -0.15) is 0 Å². The lowest BCUT2D eigenvalue weighted by Gasteiger charge is -2.21. The van der Waals surface area contributed by atoms with E-state index in [4.69, 9.17) is 23.3 Å². The number of ether oxygens (including phenoxy) is 3. The Labute approximate surface area is 450 Å². The second-order valence-electron chi connectivity index (χ2n) is 18.7. The zero-order chi connectivity index (χ0) is 54.1. The van der Waals surface area contributed by atoms with E-state index in [1.165, 1.54) is 70.6 Å². The van der Waals surface area contributed by atoms with Crippen molar-refractivity contribution in [2.75, 3.05) is 26.4 Å². The zero-order valence-electron chi connectivity index (χ0n) is 46.5. The number of carbonyl (C=O) groups excluding carboxylic acids is 3. The number of hydrogen-bond acceptors (Lipinski definition) is 10. The van der Waals surface area contributed by atoms with Crippen molar-refractivity contribution in [2.24, 2.45) is 0 Å². The molecule has 3 atom stereocenters. The molecular formula is C62H103O11P. The lowest BCUT2D eigenvalue weighted by molar-refractivity contribution is -0.161. The fourth-order valence-corrected chi connectivity index (χ4v) is 8.18. The van der Waals surface area contributed by atoms with E-state index in [-0.39, 0.29) is 25.9 Å². The summed E-state index contributed by atoms with van der Waals surface area (Å²) < 4.78 is 39.4. The molecular weight excluding hydrogens is 952 g/mol. The molecule has 0 heterocycles. The van der Waals surface area contributed by atoms with Gasteiger partial charge in [0.15, 0.2) is 6.10 Å². The van der Waals surface area contributed by atoms with Gasteiger partial charge in [0.2, 0.25) is 0 Å². The lowest BCUT2D eigenvalue weighted by atomic mass is 10.0. The van der Waals surface area contributed by atoms with Crippen LogP contribution in [0.25, 0.3) is 0 Å². The molecule has 0 radical (unpaired) electrons. The molecule has 74 heavy (non-hydrogen) atoms. The molecule has 0 aliphatic heterocycles. The van der Waals surface area contributed by atoms with Crippen LogP contribution < -0.4 is 0 Å². The van der Waals surface area contributed by atoms with E-state index < -0.39 is 57.8 Å². The van der Waals surface area contributed by atoms with E-state index in [1.54, 1.807) is 0 Å². The van der Waals surface area contributed by atoms with Gasteiger partial charge in [-0.05, 0) is 89.9 Å². The number of aliphatic hydroxyl groups excluding tert-OH is 1. The van der Waals surface area contributed by atoms with Crippen LogP contribution in [0.5, 0.6) is 0 Å². The van der Waals surface area contributed by atoms with Crippen LogP contribution in [-0.2, 0) is 42.2 Å². The van der Waals surface area contributed by atoms with Crippen molar-refractivity contribution in [2.45, 2.75) is 238 Å². The zero-order valence-corrected chi connectivity index (χ0v) is 47.4. The van der Waals surface area contributed by atoms with Gasteiger partial charge in [-0.25, -0.2) is 4.57 Å². The molecule has 0 spiro atoms. The van der Waals surface area contributed by atoms with E-state index in [0.29, 0.717) is 25.7 Å². The number of allylic oxidation sites excluding steroid dienone is 18. The number of esters is 3. The third-order valence-electron chi connectivity index (χ3n) is 11.7. The molecule has 11 nitrogen and oxygen atoms in total. The number of unbranched alkanes of at least 4 members (excludes halogenated alkanes) is 17. The molecule has 422 valence electrons. The van der Waals surface area contributed by atoms with Gasteiger partial charge < -0.3 is 24.2 Å². The number of hydrogen-bond donors (Lipinski definition) is 2. The van der Waals surface area contributed by atoms with Gasteiger partial charge in [0.1, 0.15) is 12.7 Å². The Morgan fingerprint density at radius 2 is 0.730 bits per heavy atom. The largest absolute Gasteiger partial charge is 0.472 e. The van der Waals surface area contributed by atoms with Crippen molar-refractivity contribution in [3.63, 3.8) is 0 Å². The van der Waals surface area contributed by atoms with E-state index in [2.05, 4.69) is 118 Å². The van der Waals surface area contributed by atoms with Gasteiger partial charge in [0, 0.05) is 19.3 Å². The fraction of sp³-hybridized carbons (Fsp3) is 0.661. The first kappa shape index (κ1) is 70.1. The van der Waals surface area contributed by atoms with Crippen LogP contribution in [0.3, 0.4) is 0 Å². The molecule has 0 fully saturated rings. The molecule has 2 N–H and O–H groups in total. The average Bonchev–Trinajstić information content (AvgIpc) is 3.39. The van der Waals surface area contributed by atoms with Crippen LogP contribution in [0.2, 0.25) is 0 Å². The average molecular weight is 1060 g/mol. The highest BCUT2D eigenvalue weighted by atomic mass is 31.2. The van der Waals surface area contributed by atoms with Gasteiger partial charge in [-0.3, -0.25) is 23.4 Å². The normalized spacial score (nSPS) is 14.2. The minimum atomic E-state index is -4.78. The standard InChI is InChI=1S/C62H103O11P/c1-4-7-10-13-16-19-22-25-27-28-29-30-32-35-38-41-44-47-50-53-62(66)73-59(55-69-60(64)51-48-45-42-39-36-33-24-21-18-15-12-9-6-3)57-71-74(67,68)70-56-58(54-63)72-61(65)52-49-46-43-40-37-34-31-26-23-20-17-14-11-8-5-2/h7,9-10,12,16,18-19,21,25,27,29-30,33,35-36,38,44,47,58-59,63H,4-6,8,11,13-15,17,20,22-24,26,28,31-32,34,37,39-43,45-46,48-57H2,1-3H3,(H,67,68)/b10-7-,12-9-,19-16-,21-18-,27-25-,30-29-,36-33-,38-35-,47-44-. The Kier molecular flexibility index (Phi) is 52.5. The lowest BCUT2D eigenvalue weighted by Crippen LogP contribution is -2.30. The number of carbonyl (C=O) groups is 3. The highest BCUT2D eigenvalue weighted by Gasteiger charge is 2.28. The van der Waals surface area contributed by atoms with Crippen LogP contribution in [0, 0.1) is 0 Å². The number of phosphoric acid groups is 1. The molecule has 0 aliphatic carbocycles. The monoisotopic (exact) mass is 1050 g/mol. The van der Waals surface area contributed by atoms with Crippen LogP contribution >= 0.6 is 7.82 Å². The number of rotatable bonds is 52. The van der Waals surface area contributed by atoms with Gasteiger partial charge >= 0.3 is 25.7 Å². The van der Waals surface area contributed by atoms with Crippen molar-refractivity contribution < 1.29 is 52.2 Å². The Morgan fingerprint density at radius 3 is 1.16 bits per heavy atom. The van der Waals surface area contributed by atoms with E-state index in [0.717, 1.165) is 89.9 Å². The smallest absolute Gasteiger partial charge is 0.462 e. The van der Waals surface area contributed by atoms with Crippen molar-refractivity contribution in [3.05, 3.63) is 109 Å². The molecule has 3 unspecified atom stereocenters. The van der Waals surface area contributed by atoms with Crippen molar-refractivity contribution in [3.8, 4) is 0 Å². The number of phosphoric ester groups is 1. The minimum absolute atomic E-state index is 0.0316. The quantitative estimate of drug-likeness (QED) is 0.0197. The third kappa shape index (κ3) is 53.0. The summed E-state index contributed by atoms with van der Waals surface area (Å²) >= 11 is 0. The van der Waals surface area contributed by atoms with Crippen LogP contribution in [-0.4, -0.2) is 66.5 Å². The van der Waals surface area contributed by atoms with Gasteiger partial charge in [0.25, 0.3) is 0 Å². The van der Waals surface area contributed by atoms with Gasteiger partial charge in [-0.1, -0.05) is 226 Å². The molecule has 0 bridgehead atoms. The first-order valence-corrected chi connectivity index (χ1v) is 30.3. The van der Waals surface area contributed by atoms with Crippen LogP contribution in [0.1, 0.15) is 226 Å². The molecule has 0 aliphatic rings. The summed E-state index contributed by atoms with van der Waals surface area (Å²) in [5.74, 6) is -1.61. The molecule has 0 aromatic rings. The summed E-state index contributed by atoms with van der Waals surface area (Å²) in [7, 11) is -4.78. The summed E-state index contributed by atoms with van der Waals surface area (Å²) in [4.78, 5) is 48.5. The minimum Gasteiger partial charge on any atom is -0.462 e. The van der Waals surface area contributed by atoms with Gasteiger partial charge in [-0.15, -0.1) is 0 Å². The number of aliphatic hydroxyl groups is 1. The van der Waals surface area contributed by atoms with E-state index >= 15 is 0 Å². The molecule has 12 heteroatoms. The maximum absolute atomic E-state index is 12.9. The predicted molar refractivity (Wildman–Crippen MR) is 307 cm³/mol. The van der Waals surface area contributed by atoms with Crippen molar-refractivity contribution in [1.29, 1.82) is 0 Å². The van der Waals surface area contributed by atoms with Crippen molar-refractivity contribution in [1.82, 2.24) is 0 Å². The highest BCUT2D eigenvalue weighted by molar-refractivity contribution is 7.47. The van der Waals surface area contributed by atoms with Crippen LogP contribution in [0.4, 0.5) is 0 Å². The van der Waals surface area contributed by atoms with Gasteiger partial charge in [0.05, 0.1) is 19.8 Å². The second kappa shape index (κ2) is 55.4. The summed E-state index contributed by atoms with van der Waals surface area (Å²) in [5.41, 5.74) is 0. The van der Waals surface area contributed by atoms with Crippen LogP contribution in [0.15, 0.2) is 109 Å². The third-order valence-corrected chi connectivity index (χ3v) is 12.7. The fourth-order valence-electron chi connectivity index (χ4n) is 7.40. The summed E-state index contributed by atoms with van der Waals surface area (Å²) in [6.07, 6.45) is 66.4. The summed E-state index contributed by atoms with van der Waals surface area (Å²) in [5, 5.41) is 9.81. The second-order valence-corrected chi connectivity index (χ2v) is 20.1. The Morgan fingerprint density at radius 1 is 0.392 bits per heavy atom. The molecule has 0 aromatic carbocycles. The maximum atomic E-state index is 12.9. The molecule has 0 amide bonds. The summed E-state index contributed by atoms with van der Waals surface area (Å²) in [6.45, 7) is 4.30. The van der Waals surface area contributed by atoms with E-state index in [1.807, 2.05) is 12.2 Å². The predicted octanol–water partition coefficient (Wildman–Crippen LogP) is 17.0. The van der Waals surface area contributed by atoms with Crippen molar-refractivity contribution >= 4 is 25.7 Å². The molecule has 0 rings (SSSR count).